The Kier molecular flexibility index (Phi) is 5.56. The van der Waals surface area contributed by atoms with Crippen LogP contribution >= 0.6 is 0 Å². The molecule has 1 aromatic heterocycles. The molecule has 1 spiro atoms. The van der Waals surface area contributed by atoms with E-state index in [1.165, 1.54) is 26.4 Å². The molecule has 3 saturated heterocycles. The first-order valence-electron chi connectivity index (χ1n) is 13.5. The Labute approximate surface area is 226 Å². The number of ether oxygens (including phenoxy) is 5. The van der Waals surface area contributed by atoms with Gasteiger partial charge in [-0.3, -0.25) is 4.79 Å². The molecule has 212 valence electrons. The van der Waals surface area contributed by atoms with Crippen LogP contribution in [-0.2, 0) is 38.1 Å². The van der Waals surface area contributed by atoms with Crippen molar-refractivity contribution in [1.82, 2.24) is 0 Å². The molecule has 1 aromatic rings. The van der Waals surface area contributed by atoms with E-state index in [-0.39, 0.29) is 12.5 Å². The lowest BCUT2D eigenvalue weighted by Crippen LogP contribution is -2.75. The molecule has 4 heterocycles. The number of methoxy groups -OCH3 is 1. The van der Waals surface area contributed by atoms with Crippen molar-refractivity contribution in [3.05, 3.63) is 36.3 Å². The molecule has 2 saturated carbocycles. The zero-order valence-electron chi connectivity index (χ0n) is 23.1. The first-order valence-corrected chi connectivity index (χ1v) is 13.5. The van der Waals surface area contributed by atoms with Gasteiger partial charge in [-0.25, -0.2) is 9.59 Å². The van der Waals surface area contributed by atoms with E-state index in [0.717, 1.165) is 0 Å². The highest BCUT2D eigenvalue weighted by molar-refractivity contribution is 5.83. The number of fused-ring (bicyclic) bond motifs is 3. The summed E-state index contributed by atoms with van der Waals surface area (Å²) in [5.41, 5.74) is -3.82. The van der Waals surface area contributed by atoms with E-state index in [1.54, 1.807) is 18.4 Å². The molecule has 5 aliphatic rings. The smallest absolute Gasteiger partial charge is 0.339 e. The molecule has 10 nitrogen and oxygen atoms in total. The number of esters is 3. The van der Waals surface area contributed by atoms with E-state index in [0.29, 0.717) is 18.4 Å². The van der Waals surface area contributed by atoms with Crippen molar-refractivity contribution < 1.29 is 47.6 Å². The number of rotatable bonds is 4. The highest BCUT2D eigenvalue weighted by Gasteiger charge is 2.90. The van der Waals surface area contributed by atoms with Crippen molar-refractivity contribution >= 4 is 17.9 Å². The van der Waals surface area contributed by atoms with Crippen LogP contribution in [0.15, 0.2) is 35.2 Å². The third-order valence-electron chi connectivity index (χ3n) is 10.8. The van der Waals surface area contributed by atoms with Gasteiger partial charge in [0, 0.05) is 40.7 Å². The average Bonchev–Trinajstić information content (AvgIpc) is 3.33. The molecular weight excluding hydrogens is 508 g/mol. The molecule has 10 heteroatoms. The Morgan fingerprint density at radius 1 is 1.18 bits per heavy atom. The topological polar surface area (TPSA) is 134 Å². The summed E-state index contributed by atoms with van der Waals surface area (Å²) in [6.07, 6.45) is 3.78. The van der Waals surface area contributed by atoms with Gasteiger partial charge in [-0.2, -0.15) is 0 Å². The summed E-state index contributed by atoms with van der Waals surface area (Å²) in [5, 5.41) is 12.1. The summed E-state index contributed by atoms with van der Waals surface area (Å²) in [7, 11) is 1.31. The number of furan rings is 1. The molecular formula is C29H36O10. The van der Waals surface area contributed by atoms with Gasteiger partial charge in [0.05, 0.1) is 37.9 Å². The van der Waals surface area contributed by atoms with Crippen LogP contribution in [0.3, 0.4) is 0 Å². The molecule has 0 aromatic carbocycles. The van der Waals surface area contributed by atoms with Crippen LogP contribution in [0.25, 0.3) is 0 Å². The number of cyclic esters (lactones) is 1. The van der Waals surface area contributed by atoms with E-state index >= 15 is 0 Å². The standard InChI is InChI=1S/C29H36O10/c1-15(30)37-22-19(32)20-25(2,3)36-14-28(20,11-8-18(31)34-6)17-7-10-26(4)21(16-9-12-35-13-16)38-24(33)23-29(26,39-23)27(17,22)5/h8-9,11-13,17,19-23,32H,7,10,14H2,1-6H3/b11-8+/t17-,19-,20+,21+,22+,23-,26-,27-,28+,29-/m0/s1. The maximum atomic E-state index is 13.4. The minimum atomic E-state index is -1.18. The zero-order chi connectivity index (χ0) is 28.2. The van der Waals surface area contributed by atoms with Gasteiger partial charge in [0.2, 0.25) is 0 Å². The lowest BCUT2D eigenvalue weighted by molar-refractivity contribution is -0.271. The predicted octanol–water partition coefficient (Wildman–Crippen LogP) is 2.88. The fourth-order valence-corrected chi connectivity index (χ4v) is 9.39. The SMILES string of the molecule is COC(=O)/C=C/[C@]12COC(C)(C)[C@H]1[C@H](O)[C@@H](OC(C)=O)[C@]1(C)[C@@H]2CC[C@@]2(C)[C@@H](c3ccoc3)OC(=O)[C@@H]3O[C@]312. The van der Waals surface area contributed by atoms with Crippen LogP contribution in [0.4, 0.5) is 0 Å². The Hall–Kier alpha value is -2.69. The monoisotopic (exact) mass is 544 g/mol. The summed E-state index contributed by atoms with van der Waals surface area (Å²) >= 11 is 0. The Balaban J connectivity index is 1.58. The fraction of sp³-hybridized carbons (Fsp3) is 0.690. The van der Waals surface area contributed by atoms with E-state index in [1.807, 2.05) is 27.7 Å². The van der Waals surface area contributed by atoms with Crippen LogP contribution in [0.1, 0.15) is 59.1 Å². The van der Waals surface area contributed by atoms with Crippen LogP contribution in [0.5, 0.6) is 0 Å². The molecule has 3 aliphatic heterocycles. The summed E-state index contributed by atoms with van der Waals surface area (Å²) in [6, 6.07) is 1.78. The third-order valence-corrected chi connectivity index (χ3v) is 10.8. The molecule has 0 unspecified atom stereocenters. The molecule has 0 amide bonds. The molecule has 39 heavy (non-hydrogen) atoms. The first kappa shape index (κ1) is 26.5. The van der Waals surface area contributed by atoms with Crippen molar-refractivity contribution in [2.45, 2.75) is 83.1 Å². The van der Waals surface area contributed by atoms with Crippen LogP contribution in [0.2, 0.25) is 0 Å². The van der Waals surface area contributed by atoms with Crippen molar-refractivity contribution in [3.8, 4) is 0 Å². The molecule has 0 bridgehead atoms. The summed E-state index contributed by atoms with van der Waals surface area (Å²) in [5.74, 6) is -2.38. The fourth-order valence-electron chi connectivity index (χ4n) is 9.39. The number of epoxide rings is 1. The minimum Gasteiger partial charge on any atom is -0.472 e. The second kappa shape index (κ2) is 8.17. The summed E-state index contributed by atoms with van der Waals surface area (Å²) in [6.45, 7) is 9.33. The molecule has 5 fully saturated rings. The highest BCUT2D eigenvalue weighted by atomic mass is 16.7. The van der Waals surface area contributed by atoms with Gasteiger partial charge in [-0.15, -0.1) is 0 Å². The van der Waals surface area contributed by atoms with Gasteiger partial charge in [-0.05, 0) is 38.7 Å². The van der Waals surface area contributed by atoms with Crippen molar-refractivity contribution in [2.24, 2.45) is 28.1 Å². The maximum Gasteiger partial charge on any atom is 0.339 e. The molecule has 6 rings (SSSR count). The maximum absolute atomic E-state index is 13.4. The normalized spacial score (nSPS) is 47.3. The highest BCUT2D eigenvalue weighted by Crippen LogP contribution is 2.80. The quantitative estimate of drug-likeness (QED) is 0.261. The number of aliphatic hydroxyl groups excluding tert-OH is 1. The zero-order valence-corrected chi connectivity index (χ0v) is 23.1. The van der Waals surface area contributed by atoms with Crippen molar-refractivity contribution in [1.29, 1.82) is 0 Å². The van der Waals surface area contributed by atoms with Crippen molar-refractivity contribution in [2.75, 3.05) is 13.7 Å². The molecule has 2 aliphatic carbocycles. The van der Waals surface area contributed by atoms with E-state index in [4.69, 9.17) is 28.1 Å². The van der Waals surface area contributed by atoms with Crippen LogP contribution in [-0.4, -0.2) is 66.2 Å². The summed E-state index contributed by atoms with van der Waals surface area (Å²) < 4.78 is 35.0. The molecule has 1 N–H and O–H groups in total. The van der Waals surface area contributed by atoms with E-state index in [2.05, 4.69) is 0 Å². The van der Waals surface area contributed by atoms with Crippen molar-refractivity contribution in [3.63, 3.8) is 0 Å². The number of carbonyl (C=O) groups excluding carboxylic acids is 3. The number of carbonyl (C=O) groups is 3. The van der Waals surface area contributed by atoms with Gasteiger partial charge in [-0.1, -0.05) is 19.9 Å². The minimum absolute atomic E-state index is 0.231. The number of hydrogen-bond donors (Lipinski definition) is 1. The largest absolute Gasteiger partial charge is 0.472 e. The van der Waals surface area contributed by atoms with E-state index in [9.17, 15) is 19.5 Å². The van der Waals surface area contributed by atoms with Gasteiger partial charge in [0.25, 0.3) is 0 Å². The van der Waals surface area contributed by atoms with Gasteiger partial charge in [0.15, 0.2) is 6.10 Å². The molecule has 0 radical (unpaired) electrons. The number of hydrogen-bond acceptors (Lipinski definition) is 10. The van der Waals surface area contributed by atoms with E-state index < -0.39 is 75.7 Å². The van der Waals surface area contributed by atoms with Gasteiger partial charge < -0.3 is 33.2 Å². The third kappa shape index (κ3) is 3.11. The second-order valence-corrected chi connectivity index (χ2v) is 12.8. The predicted molar refractivity (Wildman–Crippen MR) is 133 cm³/mol. The van der Waals surface area contributed by atoms with Gasteiger partial charge >= 0.3 is 17.9 Å². The average molecular weight is 545 g/mol. The van der Waals surface area contributed by atoms with Crippen LogP contribution in [0, 0.1) is 28.1 Å². The first-order chi connectivity index (χ1) is 18.3. The molecule has 10 atom stereocenters. The Morgan fingerprint density at radius 3 is 2.56 bits per heavy atom. The Bertz CT molecular complexity index is 1240. The van der Waals surface area contributed by atoms with Gasteiger partial charge in [0.1, 0.15) is 17.8 Å². The number of aliphatic hydroxyl groups is 1. The van der Waals surface area contributed by atoms with Crippen LogP contribution < -0.4 is 0 Å². The lowest BCUT2D eigenvalue weighted by atomic mass is 9.37. The lowest BCUT2D eigenvalue weighted by Gasteiger charge is -2.67. The Morgan fingerprint density at radius 2 is 1.92 bits per heavy atom. The second-order valence-electron chi connectivity index (χ2n) is 12.8. The summed E-state index contributed by atoms with van der Waals surface area (Å²) in [4.78, 5) is 38.3.